The summed E-state index contributed by atoms with van der Waals surface area (Å²) >= 11 is 0. The molecule has 46 heavy (non-hydrogen) atoms. The molecule has 6 amide bonds. The number of nitrogens with zero attached hydrogens (tertiary/aromatic N) is 1. The zero-order valence-electron chi connectivity index (χ0n) is 27.3. The predicted molar refractivity (Wildman–Crippen MR) is 164 cm³/mol. The zero-order valence-corrected chi connectivity index (χ0v) is 27.3. The van der Waals surface area contributed by atoms with E-state index in [-0.39, 0.29) is 31.2 Å². The zero-order chi connectivity index (χ0) is 35.3. The Kier molecular flexibility index (Phi) is 16.1. The number of aliphatic carboxylic acids is 2. The maximum absolute atomic E-state index is 13.5. The number of carbonyl (C=O) groups excluding carboxylic acids is 6. The van der Waals surface area contributed by atoms with Crippen molar-refractivity contribution in [3.05, 3.63) is 0 Å². The van der Waals surface area contributed by atoms with E-state index in [1.54, 1.807) is 27.7 Å². The van der Waals surface area contributed by atoms with Crippen molar-refractivity contribution in [1.82, 2.24) is 31.5 Å². The van der Waals surface area contributed by atoms with Crippen LogP contribution in [0.1, 0.15) is 67.2 Å². The molecule has 17 heteroatoms. The molecule has 0 aromatic carbocycles. The third kappa shape index (κ3) is 13.0. The first kappa shape index (κ1) is 39.7. The minimum absolute atomic E-state index is 0.0567. The molecule has 1 saturated heterocycles. The Hall–Kier alpha value is -4.28. The average molecular weight is 656 g/mol. The quantitative estimate of drug-likeness (QED) is 0.0793. The molecule has 0 unspecified atom stereocenters. The van der Waals surface area contributed by atoms with Gasteiger partial charge in [-0.15, -0.1) is 0 Å². The summed E-state index contributed by atoms with van der Waals surface area (Å²) in [7, 11) is 0. The Morgan fingerprint density at radius 1 is 0.761 bits per heavy atom. The summed E-state index contributed by atoms with van der Waals surface area (Å²) in [4.78, 5) is 101. The minimum Gasteiger partial charge on any atom is -0.481 e. The molecule has 0 aromatic rings. The molecule has 260 valence electrons. The van der Waals surface area contributed by atoms with Crippen LogP contribution in [0.3, 0.4) is 0 Å². The number of hydrogen-bond acceptors (Lipinski definition) is 9. The van der Waals surface area contributed by atoms with Crippen molar-refractivity contribution in [2.75, 3.05) is 19.6 Å². The summed E-state index contributed by atoms with van der Waals surface area (Å²) in [6.07, 6.45) is -0.00140. The molecular weight excluding hydrogens is 606 g/mol. The van der Waals surface area contributed by atoms with Crippen LogP contribution in [-0.2, 0) is 38.4 Å². The third-order valence-electron chi connectivity index (χ3n) is 7.30. The topological polar surface area (TPSA) is 266 Å². The number of carboxylic acid groups (broad SMARTS) is 2. The van der Waals surface area contributed by atoms with E-state index >= 15 is 0 Å². The lowest BCUT2D eigenvalue weighted by atomic mass is 10.00. The molecule has 1 aliphatic rings. The average Bonchev–Trinajstić information content (AvgIpc) is 3.45. The van der Waals surface area contributed by atoms with Gasteiger partial charge in [-0.2, -0.15) is 0 Å². The molecule has 0 radical (unpaired) electrons. The molecule has 0 saturated carbocycles. The SMILES string of the molecule is CC(C)C[C@H](NC(=O)[C@@H](N)C(C)C)C(=O)N[C@@H](CC(=O)O)C(=O)N1CCC[C@H]1C(=O)NCC(=O)N[C@H](C(=O)NCC(=O)O)C(C)C. The van der Waals surface area contributed by atoms with Gasteiger partial charge in [0.15, 0.2) is 0 Å². The molecule has 1 heterocycles. The Morgan fingerprint density at radius 3 is 1.89 bits per heavy atom. The molecule has 5 atom stereocenters. The van der Waals surface area contributed by atoms with Gasteiger partial charge < -0.3 is 47.4 Å². The van der Waals surface area contributed by atoms with Crippen LogP contribution in [0.4, 0.5) is 0 Å². The second kappa shape index (κ2) is 18.6. The number of nitrogens with two attached hydrogens (primary N) is 1. The van der Waals surface area contributed by atoms with Crippen LogP contribution in [0.5, 0.6) is 0 Å². The van der Waals surface area contributed by atoms with Crippen molar-refractivity contribution in [2.24, 2.45) is 23.5 Å². The van der Waals surface area contributed by atoms with Gasteiger partial charge in [0, 0.05) is 6.54 Å². The lowest BCUT2D eigenvalue weighted by Gasteiger charge is -2.30. The first-order valence-electron chi connectivity index (χ1n) is 15.3. The van der Waals surface area contributed by atoms with Crippen molar-refractivity contribution >= 4 is 47.4 Å². The number of carbonyl (C=O) groups is 8. The van der Waals surface area contributed by atoms with E-state index in [2.05, 4.69) is 26.6 Å². The first-order valence-corrected chi connectivity index (χ1v) is 15.3. The number of likely N-dealkylation sites (tertiary alicyclic amines) is 1. The summed E-state index contributed by atoms with van der Waals surface area (Å²) in [6, 6.07) is -5.68. The maximum Gasteiger partial charge on any atom is 0.322 e. The van der Waals surface area contributed by atoms with Crippen molar-refractivity contribution in [2.45, 2.75) is 97.4 Å². The highest BCUT2D eigenvalue weighted by molar-refractivity contribution is 5.97. The normalized spacial score (nSPS) is 17.1. The Morgan fingerprint density at radius 2 is 1.37 bits per heavy atom. The molecule has 0 spiro atoms. The Labute approximate surface area is 268 Å². The van der Waals surface area contributed by atoms with Crippen LogP contribution in [-0.4, -0.2) is 112 Å². The molecule has 17 nitrogen and oxygen atoms in total. The van der Waals surface area contributed by atoms with Gasteiger partial charge in [-0.1, -0.05) is 41.5 Å². The fourth-order valence-electron chi connectivity index (χ4n) is 4.74. The minimum atomic E-state index is -1.55. The van der Waals surface area contributed by atoms with Gasteiger partial charge in [-0.3, -0.25) is 38.4 Å². The van der Waals surface area contributed by atoms with E-state index in [1.165, 1.54) is 0 Å². The van der Waals surface area contributed by atoms with Gasteiger partial charge in [-0.25, -0.2) is 0 Å². The molecule has 0 aliphatic carbocycles. The number of rotatable bonds is 18. The number of amides is 6. The monoisotopic (exact) mass is 655 g/mol. The van der Waals surface area contributed by atoms with E-state index in [9.17, 15) is 43.5 Å². The molecule has 9 N–H and O–H groups in total. The fourth-order valence-corrected chi connectivity index (χ4v) is 4.74. The highest BCUT2D eigenvalue weighted by atomic mass is 16.4. The molecule has 1 fully saturated rings. The van der Waals surface area contributed by atoms with Crippen LogP contribution >= 0.6 is 0 Å². The van der Waals surface area contributed by atoms with E-state index in [0.717, 1.165) is 4.90 Å². The molecule has 0 aromatic heterocycles. The van der Waals surface area contributed by atoms with Crippen molar-refractivity contribution in [3.63, 3.8) is 0 Å². The predicted octanol–water partition coefficient (Wildman–Crippen LogP) is -2.09. The molecule has 1 rings (SSSR count). The fraction of sp³-hybridized carbons (Fsp3) is 0.724. The Balaban J connectivity index is 2.98. The molecule has 0 bridgehead atoms. The molecular formula is C29H49N7O10. The highest BCUT2D eigenvalue weighted by Gasteiger charge is 2.39. The number of hydrogen-bond donors (Lipinski definition) is 8. The summed E-state index contributed by atoms with van der Waals surface area (Å²) < 4.78 is 0. The van der Waals surface area contributed by atoms with E-state index < -0.39 is 103 Å². The van der Waals surface area contributed by atoms with Gasteiger partial charge in [-0.05, 0) is 37.0 Å². The molecule has 1 aliphatic heterocycles. The number of nitrogens with one attached hydrogen (secondary N) is 5. The smallest absolute Gasteiger partial charge is 0.322 e. The van der Waals surface area contributed by atoms with Crippen molar-refractivity contribution < 1.29 is 48.6 Å². The van der Waals surface area contributed by atoms with Gasteiger partial charge in [0.2, 0.25) is 35.4 Å². The summed E-state index contributed by atoms with van der Waals surface area (Å²) in [5.74, 6) is -7.64. The van der Waals surface area contributed by atoms with Gasteiger partial charge in [0.25, 0.3) is 0 Å². The lowest BCUT2D eigenvalue weighted by Crippen LogP contribution is -2.59. The van der Waals surface area contributed by atoms with Gasteiger partial charge in [0.1, 0.15) is 30.7 Å². The summed E-state index contributed by atoms with van der Waals surface area (Å²) in [5, 5.41) is 30.3. The number of carboxylic acids is 2. The maximum atomic E-state index is 13.5. The third-order valence-corrected chi connectivity index (χ3v) is 7.30. The van der Waals surface area contributed by atoms with Gasteiger partial charge in [0.05, 0.1) is 19.0 Å². The van der Waals surface area contributed by atoms with Crippen LogP contribution < -0.4 is 32.3 Å². The second-order valence-electron chi connectivity index (χ2n) is 12.4. The largest absolute Gasteiger partial charge is 0.481 e. The summed E-state index contributed by atoms with van der Waals surface area (Å²) in [5.41, 5.74) is 5.91. The lowest BCUT2D eigenvalue weighted by molar-refractivity contribution is -0.146. The first-order chi connectivity index (χ1) is 21.3. The van der Waals surface area contributed by atoms with E-state index in [4.69, 9.17) is 10.8 Å². The standard InChI is InChI=1S/C29H49N7O10/c1-14(2)10-17(33-27(44)23(30)15(3)4)25(42)34-18(11-21(38)39)29(46)36-9-7-8-19(36)26(43)31-12-20(37)35-24(16(5)6)28(45)32-13-22(40)41/h14-19,23-24H,7-13,30H2,1-6H3,(H,31,43)(H,32,45)(H,33,44)(H,34,42)(H,35,37)(H,38,39)(H,40,41)/t17-,18-,19-,23-,24-/m0/s1. The van der Waals surface area contributed by atoms with Crippen molar-refractivity contribution in [1.29, 1.82) is 0 Å². The highest BCUT2D eigenvalue weighted by Crippen LogP contribution is 2.20. The summed E-state index contributed by atoms with van der Waals surface area (Å²) in [6.45, 7) is 9.28. The van der Waals surface area contributed by atoms with Crippen molar-refractivity contribution in [3.8, 4) is 0 Å². The van der Waals surface area contributed by atoms with E-state index in [1.807, 2.05) is 13.8 Å². The van der Waals surface area contributed by atoms with Crippen LogP contribution in [0.15, 0.2) is 0 Å². The van der Waals surface area contributed by atoms with Crippen LogP contribution in [0.2, 0.25) is 0 Å². The Bertz CT molecular complexity index is 1140. The second-order valence-corrected chi connectivity index (χ2v) is 12.4. The van der Waals surface area contributed by atoms with Crippen LogP contribution in [0.25, 0.3) is 0 Å². The van der Waals surface area contributed by atoms with Gasteiger partial charge >= 0.3 is 11.9 Å². The van der Waals surface area contributed by atoms with E-state index in [0.29, 0.717) is 6.42 Å². The van der Waals surface area contributed by atoms with Crippen LogP contribution in [0, 0.1) is 17.8 Å².